The summed E-state index contributed by atoms with van der Waals surface area (Å²) < 4.78 is 5.60. The number of ether oxygens (including phenoxy) is 1. The molecule has 2 fully saturated rings. The van der Waals surface area contributed by atoms with Crippen LogP contribution in [0.3, 0.4) is 0 Å². The molecule has 0 spiro atoms. The summed E-state index contributed by atoms with van der Waals surface area (Å²) in [6.07, 6.45) is 3.91. The van der Waals surface area contributed by atoms with Crippen molar-refractivity contribution in [1.82, 2.24) is 10.2 Å². The number of hydrogen-bond acceptors (Lipinski definition) is 3. The zero-order valence-electron chi connectivity index (χ0n) is 12.1. The van der Waals surface area contributed by atoms with Crippen LogP contribution in [0, 0.1) is 0 Å². The van der Waals surface area contributed by atoms with Gasteiger partial charge < -0.3 is 15.0 Å². The Kier molecular flexibility index (Phi) is 4.66. The summed E-state index contributed by atoms with van der Waals surface area (Å²) in [4.78, 5) is 14.3. The first-order valence-electron chi connectivity index (χ1n) is 7.63. The molecule has 2 saturated heterocycles. The van der Waals surface area contributed by atoms with E-state index in [1.165, 1.54) is 12.8 Å². The van der Waals surface area contributed by atoms with E-state index in [4.69, 9.17) is 16.3 Å². The highest BCUT2D eigenvalue weighted by molar-refractivity contribution is 6.32. The second-order valence-electron chi connectivity index (χ2n) is 5.80. The highest BCUT2D eigenvalue weighted by atomic mass is 35.5. The van der Waals surface area contributed by atoms with Crippen molar-refractivity contribution in [2.75, 3.05) is 19.7 Å². The summed E-state index contributed by atoms with van der Waals surface area (Å²) in [7, 11) is 0. The SMILES string of the molecule is O=C(CCOc1ccccc1Cl)N1CCC2CCC(C1)N2. The molecule has 2 unspecified atom stereocenters. The molecular weight excluding hydrogens is 288 g/mol. The first kappa shape index (κ1) is 14.7. The van der Waals surface area contributed by atoms with Gasteiger partial charge in [-0.1, -0.05) is 23.7 Å². The van der Waals surface area contributed by atoms with E-state index < -0.39 is 0 Å². The summed E-state index contributed by atoms with van der Waals surface area (Å²) >= 11 is 6.02. The minimum atomic E-state index is 0.177. The largest absolute Gasteiger partial charge is 0.491 e. The Morgan fingerprint density at radius 2 is 2.10 bits per heavy atom. The van der Waals surface area contributed by atoms with Gasteiger partial charge in [-0.15, -0.1) is 0 Å². The zero-order chi connectivity index (χ0) is 14.7. The molecule has 0 saturated carbocycles. The number of para-hydroxylation sites is 1. The third-order valence-electron chi connectivity index (χ3n) is 4.29. The van der Waals surface area contributed by atoms with Gasteiger partial charge in [-0.25, -0.2) is 0 Å². The molecule has 5 heteroatoms. The molecule has 2 bridgehead atoms. The molecule has 2 aliphatic rings. The molecular formula is C16H21ClN2O2. The number of amides is 1. The van der Waals surface area contributed by atoms with Crippen LogP contribution in [-0.4, -0.2) is 42.6 Å². The predicted octanol–water partition coefficient (Wildman–Crippen LogP) is 2.46. The third kappa shape index (κ3) is 3.69. The molecule has 2 heterocycles. The van der Waals surface area contributed by atoms with Gasteiger partial charge >= 0.3 is 0 Å². The molecule has 2 atom stereocenters. The zero-order valence-corrected chi connectivity index (χ0v) is 12.8. The predicted molar refractivity (Wildman–Crippen MR) is 82.7 cm³/mol. The number of hydrogen-bond donors (Lipinski definition) is 1. The van der Waals surface area contributed by atoms with Crippen LogP contribution < -0.4 is 10.1 Å². The maximum atomic E-state index is 12.3. The van der Waals surface area contributed by atoms with Crippen molar-refractivity contribution in [3.05, 3.63) is 29.3 Å². The fourth-order valence-corrected chi connectivity index (χ4v) is 3.33. The van der Waals surface area contributed by atoms with Crippen molar-refractivity contribution in [2.45, 2.75) is 37.8 Å². The second kappa shape index (κ2) is 6.67. The van der Waals surface area contributed by atoms with Gasteiger partial charge in [0.05, 0.1) is 18.1 Å². The normalized spacial score (nSPS) is 24.7. The summed E-state index contributed by atoms with van der Waals surface area (Å²) in [6, 6.07) is 8.43. The van der Waals surface area contributed by atoms with Crippen LogP contribution in [0.1, 0.15) is 25.7 Å². The second-order valence-corrected chi connectivity index (χ2v) is 6.20. The fraction of sp³-hybridized carbons (Fsp3) is 0.562. The number of benzene rings is 1. The van der Waals surface area contributed by atoms with E-state index in [1.54, 1.807) is 6.07 Å². The average Bonchev–Trinajstić information content (AvgIpc) is 2.80. The van der Waals surface area contributed by atoms with E-state index in [0.29, 0.717) is 35.9 Å². The molecule has 2 aliphatic heterocycles. The van der Waals surface area contributed by atoms with Crippen LogP contribution >= 0.6 is 11.6 Å². The van der Waals surface area contributed by atoms with Crippen LogP contribution in [0.5, 0.6) is 5.75 Å². The lowest BCUT2D eigenvalue weighted by molar-refractivity contribution is -0.131. The van der Waals surface area contributed by atoms with Crippen molar-refractivity contribution in [3.63, 3.8) is 0 Å². The van der Waals surface area contributed by atoms with Crippen molar-refractivity contribution in [2.24, 2.45) is 0 Å². The first-order chi connectivity index (χ1) is 10.2. The minimum Gasteiger partial charge on any atom is -0.491 e. The summed E-state index contributed by atoms with van der Waals surface area (Å²) in [6.45, 7) is 2.07. The van der Waals surface area contributed by atoms with Gasteiger partial charge in [-0.05, 0) is 31.4 Å². The first-order valence-corrected chi connectivity index (χ1v) is 8.01. The highest BCUT2D eigenvalue weighted by Gasteiger charge is 2.30. The number of nitrogens with one attached hydrogen (secondary N) is 1. The van der Waals surface area contributed by atoms with E-state index in [9.17, 15) is 4.79 Å². The van der Waals surface area contributed by atoms with Crippen molar-refractivity contribution in [3.8, 4) is 5.75 Å². The Morgan fingerprint density at radius 3 is 2.95 bits per heavy atom. The quantitative estimate of drug-likeness (QED) is 0.929. The van der Waals surface area contributed by atoms with Crippen molar-refractivity contribution < 1.29 is 9.53 Å². The Bertz CT molecular complexity index is 509. The number of carbonyl (C=O) groups excluding carboxylic acids is 1. The van der Waals surface area contributed by atoms with Crippen LogP contribution in [0.15, 0.2) is 24.3 Å². The van der Waals surface area contributed by atoms with Gasteiger partial charge in [0.25, 0.3) is 0 Å². The van der Waals surface area contributed by atoms with Crippen molar-refractivity contribution in [1.29, 1.82) is 0 Å². The monoisotopic (exact) mass is 308 g/mol. The number of rotatable bonds is 4. The lowest BCUT2D eigenvalue weighted by Crippen LogP contribution is -2.39. The molecule has 1 N–H and O–H groups in total. The average molecular weight is 309 g/mol. The molecule has 0 radical (unpaired) electrons. The summed E-state index contributed by atoms with van der Waals surface area (Å²) in [5, 5.41) is 4.17. The summed E-state index contributed by atoms with van der Waals surface area (Å²) in [5.74, 6) is 0.819. The van der Waals surface area contributed by atoms with E-state index >= 15 is 0 Å². The molecule has 3 rings (SSSR count). The lowest BCUT2D eigenvalue weighted by Gasteiger charge is -2.24. The topological polar surface area (TPSA) is 41.6 Å². The van der Waals surface area contributed by atoms with E-state index in [2.05, 4.69) is 5.32 Å². The van der Waals surface area contributed by atoms with Gasteiger partial charge in [0, 0.05) is 25.2 Å². The highest BCUT2D eigenvalue weighted by Crippen LogP contribution is 2.23. The van der Waals surface area contributed by atoms with E-state index in [0.717, 1.165) is 19.5 Å². The van der Waals surface area contributed by atoms with Gasteiger partial charge in [-0.3, -0.25) is 4.79 Å². The lowest BCUT2D eigenvalue weighted by atomic mass is 10.1. The Hall–Kier alpha value is -1.26. The van der Waals surface area contributed by atoms with E-state index in [-0.39, 0.29) is 5.91 Å². The van der Waals surface area contributed by atoms with Crippen molar-refractivity contribution >= 4 is 17.5 Å². The molecule has 0 aliphatic carbocycles. The van der Waals surface area contributed by atoms with Gasteiger partial charge in [0.1, 0.15) is 5.75 Å². The van der Waals surface area contributed by atoms with Crippen LogP contribution in [0.2, 0.25) is 5.02 Å². The number of likely N-dealkylation sites (tertiary alicyclic amines) is 1. The summed E-state index contributed by atoms with van der Waals surface area (Å²) in [5.41, 5.74) is 0. The van der Waals surface area contributed by atoms with E-state index in [1.807, 2.05) is 23.1 Å². The maximum absolute atomic E-state index is 12.3. The van der Waals surface area contributed by atoms with Crippen LogP contribution in [-0.2, 0) is 4.79 Å². The minimum absolute atomic E-state index is 0.177. The van der Waals surface area contributed by atoms with Gasteiger partial charge in [0.2, 0.25) is 5.91 Å². The Labute approximate surface area is 130 Å². The standard InChI is InChI=1S/C16H21ClN2O2/c17-14-3-1-2-4-15(14)21-10-8-16(20)19-9-7-12-5-6-13(11-19)18-12/h1-4,12-13,18H,5-11H2. The number of fused-ring (bicyclic) bond motifs is 2. The number of halogens is 1. The molecule has 21 heavy (non-hydrogen) atoms. The van der Waals surface area contributed by atoms with Gasteiger partial charge in [-0.2, -0.15) is 0 Å². The third-order valence-corrected chi connectivity index (χ3v) is 4.60. The Balaban J connectivity index is 1.47. The van der Waals surface area contributed by atoms with Crippen LogP contribution in [0.25, 0.3) is 0 Å². The molecule has 1 amide bonds. The molecule has 1 aromatic rings. The number of nitrogens with zero attached hydrogens (tertiary/aromatic N) is 1. The molecule has 1 aromatic carbocycles. The Morgan fingerprint density at radius 1 is 1.29 bits per heavy atom. The smallest absolute Gasteiger partial charge is 0.226 e. The molecule has 114 valence electrons. The number of carbonyl (C=O) groups is 1. The fourth-order valence-electron chi connectivity index (χ4n) is 3.14. The van der Waals surface area contributed by atoms with Gasteiger partial charge in [0.15, 0.2) is 0 Å². The van der Waals surface area contributed by atoms with Crippen LogP contribution in [0.4, 0.5) is 0 Å². The maximum Gasteiger partial charge on any atom is 0.226 e. The molecule has 4 nitrogen and oxygen atoms in total. The molecule has 0 aromatic heterocycles.